The van der Waals surface area contributed by atoms with Crippen molar-refractivity contribution < 1.29 is 18.3 Å². The highest BCUT2D eigenvalue weighted by Crippen LogP contribution is 2.34. The lowest BCUT2D eigenvalue weighted by Crippen LogP contribution is -2.11. The largest absolute Gasteiger partial charge is 0.476 e. The van der Waals surface area contributed by atoms with E-state index < -0.39 is 21.1 Å². The van der Waals surface area contributed by atoms with Crippen molar-refractivity contribution in [2.24, 2.45) is 7.05 Å². The van der Waals surface area contributed by atoms with Crippen LogP contribution in [0.5, 0.6) is 0 Å². The number of nitrogens with zero attached hydrogens (tertiary/aromatic N) is 2. The van der Waals surface area contributed by atoms with Crippen LogP contribution < -0.4 is 0 Å². The first-order chi connectivity index (χ1) is 7.42. The van der Waals surface area contributed by atoms with Crippen molar-refractivity contribution in [1.29, 1.82) is 0 Å². The molecule has 0 radical (unpaired) electrons. The van der Waals surface area contributed by atoms with Crippen LogP contribution >= 0.6 is 0 Å². The summed E-state index contributed by atoms with van der Waals surface area (Å²) in [7, 11) is -1.56. The number of carboxylic acid groups (broad SMARTS) is 1. The maximum atomic E-state index is 11.7. The first kappa shape index (κ1) is 11.1. The zero-order valence-electron chi connectivity index (χ0n) is 8.75. The molecule has 1 aromatic heterocycles. The van der Waals surface area contributed by atoms with Crippen LogP contribution in [-0.4, -0.2) is 35.0 Å². The molecule has 2 heterocycles. The van der Waals surface area contributed by atoms with Crippen molar-refractivity contribution in [3.63, 3.8) is 0 Å². The average Bonchev–Trinajstić information content (AvgIpc) is 2.68. The molecule has 1 saturated heterocycles. The lowest BCUT2D eigenvalue weighted by molar-refractivity contribution is 0.0689. The standard InChI is InChI=1S/C9H12N2O4S/c1-11-7(5-6(10-11)9(12)13)8-3-2-4-16(8,14)15/h5,8H,2-4H2,1H3,(H,12,13). The highest BCUT2D eigenvalue weighted by atomic mass is 32.2. The molecule has 0 bridgehead atoms. The van der Waals surface area contributed by atoms with Gasteiger partial charge in [-0.3, -0.25) is 4.68 Å². The van der Waals surface area contributed by atoms with Crippen molar-refractivity contribution in [3.8, 4) is 0 Å². The Hall–Kier alpha value is -1.37. The molecule has 1 N–H and O–H groups in total. The molecule has 16 heavy (non-hydrogen) atoms. The molecule has 1 aromatic rings. The minimum Gasteiger partial charge on any atom is -0.476 e. The van der Waals surface area contributed by atoms with Crippen LogP contribution in [0.1, 0.15) is 34.3 Å². The summed E-state index contributed by atoms with van der Waals surface area (Å²) in [5, 5.41) is 11.9. The van der Waals surface area contributed by atoms with Crippen molar-refractivity contribution in [3.05, 3.63) is 17.5 Å². The van der Waals surface area contributed by atoms with E-state index in [0.717, 1.165) is 0 Å². The highest BCUT2D eigenvalue weighted by molar-refractivity contribution is 7.91. The minimum atomic E-state index is -3.13. The fourth-order valence-corrected chi connectivity index (χ4v) is 3.98. The summed E-state index contributed by atoms with van der Waals surface area (Å²) in [6, 6.07) is 1.34. The van der Waals surface area contributed by atoms with Gasteiger partial charge in [0.2, 0.25) is 0 Å². The number of rotatable bonds is 2. The first-order valence-electron chi connectivity index (χ1n) is 4.90. The smallest absolute Gasteiger partial charge is 0.356 e. The van der Waals surface area contributed by atoms with Crippen LogP contribution in [-0.2, 0) is 16.9 Å². The third kappa shape index (κ3) is 1.71. The molecule has 88 valence electrons. The summed E-state index contributed by atoms with van der Waals surface area (Å²) < 4.78 is 24.8. The van der Waals surface area contributed by atoms with Crippen molar-refractivity contribution in [2.45, 2.75) is 18.1 Å². The molecule has 1 atom stereocenters. The molecule has 2 rings (SSSR count). The van der Waals surface area contributed by atoms with Crippen LogP contribution in [0.2, 0.25) is 0 Å². The molecule has 7 heteroatoms. The minimum absolute atomic E-state index is 0.111. The van der Waals surface area contributed by atoms with Crippen molar-refractivity contribution >= 4 is 15.8 Å². The summed E-state index contributed by atoms with van der Waals surface area (Å²) in [5.41, 5.74) is 0.356. The van der Waals surface area contributed by atoms with E-state index in [9.17, 15) is 13.2 Å². The predicted molar refractivity (Wildman–Crippen MR) is 55.9 cm³/mol. The number of aromatic nitrogens is 2. The number of carboxylic acids is 1. The van der Waals surface area contributed by atoms with Gasteiger partial charge in [0, 0.05) is 7.05 Å². The van der Waals surface area contributed by atoms with Gasteiger partial charge in [0.1, 0.15) is 5.25 Å². The average molecular weight is 244 g/mol. The van der Waals surface area contributed by atoms with Gasteiger partial charge in [0.15, 0.2) is 15.5 Å². The molecule has 0 amide bonds. The van der Waals surface area contributed by atoms with Crippen molar-refractivity contribution in [2.75, 3.05) is 5.75 Å². The van der Waals surface area contributed by atoms with Gasteiger partial charge >= 0.3 is 5.97 Å². The summed E-state index contributed by atoms with van der Waals surface area (Å²) in [5.74, 6) is -0.970. The second-order valence-electron chi connectivity index (χ2n) is 3.88. The third-order valence-electron chi connectivity index (χ3n) is 2.79. The van der Waals surface area contributed by atoms with Crippen molar-refractivity contribution in [1.82, 2.24) is 9.78 Å². The SMILES string of the molecule is Cn1nc(C(=O)O)cc1C1CCCS1(=O)=O. The van der Waals surface area contributed by atoms with Gasteiger partial charge in [-0.2, -0.15) is 5.10 Å². The molecule has 1 aliphatic heterocycles. The Morgan fingerprint density at radius 1 is 1.62 bits per heavy atom. The molecule has 6 nitrogen and oxygen atoms in total. The molecule has 0 aliphatic carbocycles. The molecule has 0 aromatic carbocycles. The van der Waals surface area contributed by atoms with E-state index in [2.05, 4.69) is 5.10 Å². The van der Waals surface area contributed by atoms with Crippen LogP contribution in [0, 0.1) is 0 Å². The number of hydrogen-bond donors (Lipinski definition) is 1. The highest BCUT2D eigenvalue weighted by Gasteiger charge is 2.35. The number of carbonyl (C=O) groups is 1. The quantitative estimate of drug-likeness (QED) is 0.811. The van der Waals surface area contributed by atoms with Gasteiger partial charge < -0.3 is 5.11 Å². The van der Waals surface area contributed by atoms with Gasteiger partial charge in [-0.1, -0.05) is 0 Å². The van der Waals surface area contributed by atoms with E-state index in [0.29, 0.717) is 18.5 Å². The zero-order valence-corrected chi connectivity index (χ0v) is 9.57. The fourth-order valence-electron chi connectivity index (χ4n) is 2.01. The van der Waals surface area contributed by atoms with Crippen LogP contribution in [0.3, 0.4) is 0 Å². The van der Waals surface area contributed by atoms with Crippen LogP contribution in [0.25, 0.3) is 0 Å². The van der Waals surface area contributed by atoms with E-state index >= 15 is 0 Å². The summed E-state index contributed by atoms with van der Waals surface area (Å²) in [6.07, 6.45) is 1.17. The molecule has 1 aliphatic rings. The summed E-state index contributed by atoms with van der Waals surface area (Å²) >= 11 is 0. The van der Waals surface area contributed by atoms with Gasteiger partial charge in [-0.25, -0.2) is 13.2 Å². The summed E-state index contributed by atoms with van der Waals surface area (Å²) in [4.78, 5) is 10.7. The van der Waals surface area contributed by atoms with Gasteiger partial charge in [-0.05, 0) is 18.9 Å². The topological polar surface area (TPSA) is 89.3 Å². The van der Waals surface area contributed by atoms with E-state index in [1.807, 2.05) is 0 Å². The molecule has 1 unspecified atom stereocenters. The molecule has 0 spiro atoms. The van der Waals surface area contributed by atoms with Crippen LogP contribution in [0.15, 0.2) is 6.07 Å². The van der Waals surface area contributed by atoms with E-state index in [1.165, 1.54) is 10.7 Å². The van der Waals surface area contributed by atoms with E-state index in [-0.39, 0.29) is 11.4 Å². The Morgan fingerprint density at radius 2 is 2.31 bits per heavy atom. The Kier molecular flexibility index (Phi) is 2.49. The lowest BCUT2D eigenvalue weighted by atomic mass is 10.2. The first-order valence-corrected chi connectivity index (χ1v) is 6.62. The molecule has 1 fully saturated rings. The predicted octanol–water partition coefficient (Wildman–Crippen LogP) is 0.368. The van der Waals surface area contributed by atoms with Gasteiger partial charge in [-0.15, -0.1) is 0 Å². The lowest BCUT2D eigenvalue weighted by Gasteiger charge is -2.08. The normalized spacial score (nSPS) is 23.4. The maximum Gasteiger partial charge on any atom is 0.356 e. The van der Waals surface area contributed by atoms with E-state index in [4.69, 9.17) is 5.11 Å². The zero-order chi connectivity index (χ0) is 11.9. The Bertz CT molecular complexity index is 532. The second-order valence-corrected chi connectivity index (χ2v) is 6.18. The van der Waals surface area contributed by atoms with Crippen LogP contribution in [0.4, 0.5) is 0 Å². The number of sulfone groups is 1. The second kappa shape index (κ2) is 3.58. The molecule has 0 saturated carbocycles. The summed E-state index contributed by atoms with van der Waals surface area (Å²) in [6.45, 7) is 0. The van der Waals surface area contributed by atoms with Gasteiger partial charge in [0.05, 0.1) is 11.4 Å². The number of hydrogen-bond acceptors (Lipinski definition) is 4. The Balaban J connectivity index is 2.45. The van der Waals surface area contributed by atoms with E-state index in [1.54, 1.807) is 7.05 Å². The monoisotopic (exact) mass is 244 g/mol. The molecular weight excluding hydrogens is 232 g/mol. The number of aromatic carboxylic acids is 1. The Labute approximate surface area is 92.8 Å². The maximum absolute atomic E-state index is 11.7. The third-order valence-corrected chi connectivity index (χ3v) is 5.00. The number of aryl methyl sites for hydroxylation is 1. The Morgan fingerprint density at radius 3 is 2.75 bits per heavy atom. The fraction of sp³-hybridized carbons (Fsp3) is 0.556. The molecular formula is C9H12N2O4S. The van der Waals surface area contributed by atoms with Gasteiger partial charge in [0.25, 0.3) is 0 Å².